The molecule has 4 aromatic rings. The maximum absolute atomic E-state index is 5.25. The van der Waals surface area contributed by atoms with Gasteiger partial charge in [0.15, 0.2) is 5.82 Å². The zero-order valence-electron chi connectivity index (χ0n) is 22.2. The van der Waals surface area contributed by atoms with Gasteiger partial charge in [0.2, 0.25) is 5.88 Å². The molecule has 1 saturated heterocycles. The highest BCUT2D eigenvalue weighted by molar-refractivity contribution is 5.93. The number of fused-ring (bicyclic) bond motifs is 1. The van der Waals surface area contributed by atoms with Crippen molar-refractivity contribution in [1.82, 2.24) is 30.2 Å². The van der Waals surface area contributed by atoms with Crippen LogP contribution in [0.5, 0.6) is 5.88 Å². The molecule has 2 aliphatic rings. The largest absolute Gasteiger partial charge is 0.481 e. The average Bonchev–Trinajstić information content (AvgIpc) is 2.89. The molecule has 5 heterocycles. The predicted octanol–water partition coefficient (Wildman–Crippen LogP) is 5.30. The van der Waals surface area contributed by atoms with Gasteiger partial charge in [-0.05, 0) is 60.9 Å². The van der Waals surface area contributed by atoms with E-state index >= 15 is 0 Å². The fourth-order valence-corrected chi connectivity index (χ4v) is 5.34. The van der Waals surface area contributed by atoms with Crippen LogP contribution >= 0.6 is 0 Å². The molecule has 196 valence electrons. The number of nitrogens with zero attached hydrogens (tertiary/aromatic N) is 5. The molecule has 0 radical (unpaired) electrons. The van der Waals surface area contributed by atoms with Gasteiger partial charge in [0.05, 0.1) is 18.8 Å². The van der Waals surface area contributed by atoms with Gasteiger partial charge in [0.25, 0.3) is 0 Å². The molecule has 2 fully saturated rings. The van der Waals surface area contributed by atoms with Crippen molar-refractivity contribution in [2.45, 2.75) is 51.5 Å². The Morgan fingerprint density at radius 3 is 2.71 bits per heavy atom. The van der Waals surface area contributed by atoms with E-state index in [9.17, 15) is 0 Å². The first-order valence-corrected chi connectivity index (χ1v) is 13.4. The number of hydrogen-bond donors (Lipinski definition) is 3. The molecule has 3 N–H and O–H groups in total. The number of methoxy groups -OCH3 is 1. The predicted molar refractivity (Wildman–Crippen MR) is 150 cm³/mol. The summed E-state index contributed by atoms with van der Waals surface area (Å²) in [6.45, 7) is 6.58. The SMILES string of the molecule is COc1cccc(Nc2cc(-c3nc(N[C@H]4CCNCC4(C)C)c4c(C5CCC5)cncc4n3)ccn2)n1. The monoisotopic (exact) mass is 510 g/mol. The molecule has 9 heteroatoms. The molecule has 9 nitrogen and oxygen atoms in total. The number of nitrogens with one attached hydrogen (secondary N) is 3. The van der Waals surface area contributed by atoms with Crippen LogP contribution in [-0.2, 0) is 0 Å². The van der Waals surface area contributed by atoms with Gasteiger partial charge in [0, 0.05) is 42.0 Å². The van der Waals surface area contributed by atoms with Crippen LogP contribution in [0.15, 0.2) is 48.9 Å². The minimum atomic E-state index is 0.0941. The lowest BCUT2D eigenvalue weighted by atomic mass is 9.78. The smallest absolute Gasteiger partial charge is 0.214 e. The zero-order chi connectivity index (χ0) is 26.1. The Morgan fingerprint density at radius 2 is 1.92 bits per heavy atom. The number of aromatic nitrogens is 5. The molecular weight excluding hydrogens is 476 g/mol. The third kappa shape index (κ3) is 4.86. The normalized spacial score (nSPS) is 19.1. The van der Waals surface area contributed by atoms with E-state index in [0.29, 0.717) is 35.3 Å². The van der Waals surface area contributed by atoms with Gasteiger partial charge in [-0.3, -0.25) is 4.98 Å². The molecule has 1 atom stereocenters. The molecule has 0 spiro atoms. The summed E-state index contributed by atoms with van der Waals surface area (Å²) in [6.07, 6.45) is 10.3. The van der Waals surface area contributed by atoms with E-state index in [1.54, 1.807) is 13.3 Å². The Morgan fingerprint density at radius 1 is 1.03 bits per heavy atom. The third-order valence-corrected chi connectivity index (χ3v) is 7.83. The molecule has 0 unspecified atom stereocenters. The minimum absolute atomic E-state index is 0.0941. The summed E-state index contributed by atoms with van der Waals surface area (Å²) in [5, 5.41) is 11.8. The van der Waals surface area contributed by atoms with Crippen LogP contribution in [0.25, 0.3) is 22.3 Å². The molecule has 0 aromatic carbocycles. The van der Waals surface area contributed by atoms with Gasteiger partial charge in [-0.15, -0.1) is 0 Å². The van der Waals surface area contributed by atoms with Crippen molar-refractivity contribution in [2.75, 3.05) is 30.8 Å². The highest BCUT2D eigenvalue weighted by Crippen LogP contribution is 2.42. The van der Waals surface area contributed by atoms with Gasteiger partial charge < -0.3 is 20.7 Å². The second-order valence-corrected chi connectivity index (χ2v) is 10.9. The van der Waals surface area contributed by atoms with E-state index in [1.807, 2.05) is 42.7 Å². The number of rotatable bonds is 7. The van der Waals surface area contributed by atoms with E-state index in [1.165, 1.54) is 24.8 Å². The van der Waals surface area contributed by atoms with E-state index in [4.69, 9.17) is 14.7 Å². The molecule has 6 rings (SSSR count). The van der Waals surface area contributed by atoms with Crippen molar-refractivity contribution in [3.63, 3.8) is 0 Å². The fourth-order valence-electron chi connectivity index (χ4n) is 5.34. The van der Waals surface area contributed by atoms with E-state index in [0.717, 1.165) is 41.8 Å². The van der Waals surface area contributed by atoms with Crippen molar-refractivity contribution in [3.05, 3.63) is 54.5 Å². The number of hydrogen-bond acceptors (Lipinski definition) is 9. The van der Waals surface area contributed by atoms with Crippen molar-refractivity contribution in [1.29, 1.82) is 0 Å². The summed E-state index contributed by atoms with van der Waals surface area (Å²) < 4.78 is 5.25. The lowest BCUT2D eigenvalue weighted by molar-refractivity contribution is 0.236. The Bertz CT molecular complexity index is 1450. The fraction of sp³-hybridized carbons (Fsp3) is 0.414. The number of piperidine rings is 1. The first kappa shape index (κ1) is 24.5. The minimum Gasteiger partial charge on any atom is -0.481 e. The van der Waals surface area contributed by atoms with Crippen LogP contribution in [0.2, 0.25) is 0 Å². The summed E-state index contributed by atoms with van der Waals surface area (Å²) in [4.78, 5) is 23.6. The third-order valence-electron chi connectivity index (χ3n) is 7.83. The maximum atomic E-state index is 5.25. The molecule has 0 amide bonds. The summed E-state index contributed by atoms with van der Waals surface area (Å²) in [7, 11) is 1.60. The summed E-state index contributed by atoms with van der Waals surface area (Å²) in [5.41, 5.74) is 3.09. The second kappa shape index (κ2) is 10.1. The molecule has 1 saturated carbocycles. The Hall–Kier alpha value is -3.85. The van der Waals surface area contributed by atoms with Gasteiger partial charge in [-0.25, -0.2) is 15.0 Å². The van der Waals surface area contributed by atoms with Crippen LogP contribution in [0.4, 0.5) is 17.5 Å². The first-order chi connectivity index (χ1) is 18.5. The zero-order valence-corrected chi connectivity index (χ0v) is 22.2. The van der Waals surface area contributed by atoms with Crippen molar-refractivity contribution >= 4 is 28.4 Å². The Kier molecular flexibility index (Phi) is 6.53. The van der Waals surface area contributed by atoms with Crippen LogP contribution in [-0.4, -0.2) is 51.2 Å². The van der Waals surface area contributed by atoms with Crippen molar-refractivity contribution < 1.29 is 4.74 Å². The standard InChI is InChI=1S/C29H34N8O/c1-29(2)17-30-12-11-22(29)34-28-26-20(18-6-4-7-18)15-31-16-21(26)33-27(37-28)19-10-13-32-24(14-19)35-23-8-5-9-25(36-23)38-3/h5,8-10,13-16,18,22,30H,4,6-7,11-12,17H2,1-3H3,(H,32,35,36)(H,33,34,37)/t22-/m0/s1. The molecule has 38 heavy (non-hydrogen) atoms. The van der Waals surface area contributed by atoms with Gasteiger partial charge in [0.1, 0.15) is 17.5 Å². The van der Waals surface area contributed by atoms with Crippen LogP contribution < -0.4 is 20.7 Å². The molecule has 4 aromatic heterocycles. The lowest BCUT2D eigenvalue weighted by Gasteiger charge is -2.40. The van der Waals surface area contributed by atoms with Gasteiger partial charge >= 0.3 is 0 Å². The van der Waals surface area contributed by atoms with Crippen LogP contribution in [0.1, 0.15) is 51.0 Å². The van der Waals surface area contributed by atoms with Gasteiger partial charge in [-0.2, -0.15) is 4.98 Å². The second-order valence-electron chi connectivity index (χ2n) is 10.9. The maximum Gasteiger partial charge on any atom is 0.214 e. The molecular formula is C29H34N8O. The lowest BCUT2D eigenvalue weighted by Crippen LogP contribution is -2.49. The summed E-state index contributed by atoms with van der Waals surface area (Å²) in [6, 6.07) is 9.75. The average molecular weight is 511 g/mol. The Labute approximate surface area is 222 Å². The van der Waals surface area contributed by atoms with Crippen molar-refractivity contribution in [2.24, 2.45) is 5.41 Å². The molecule has 0 bridgehead atoms. The highest BCUT2D eigenvalue weighted by atomic mass is 16.5. The summed E-state index contributed by atoms with van der Waals surface area (Å²) >= 11 is 0. The highest BCUT2D eigenvalue weighted by Gasteiger charge is 2.33. The van der Waals surface area contributed by atoms with E-state index < -0.39 is 0 Å². The quantitative estimate of drug-likeness (QED) is 0.305. The van der Waals surface area contributed by atoms with Gasteiger partial charge in [-0.1, -0.05) is 26.3 Å². The van der Waals surface area contributed by atoms with Crippen LogP contribution in [0.3, 0.4) is 0 Å². The van der Waals surface area contributed by atoms with Crippen LogP contribution in [0, 0.1) is 5.41 Å². The molecule has 1 aliphatic carbocycles. The van der Waals surface area contributed by atoms with E-state index in [2.05, 4.69) is 44.7 Å². The molecule has 1 aliphatic heterocycles. The number of anilines is 3. The van der Waals surface area contributed by atoms with Crippen molar-refractivity contribution in [3.8, 4) is 17.3 Å². The van der Waals surface area contributed by atoms with E-state index in [-0.39, 0.29) is 5.41 Å². The topological polar surface area (TPSA) is 110 Å². The number of ether oxygens (including phenoxy) is 1. The number of pyridine rings is 3. The summed E-state index contributed by atoms with van der Waals surface area (Å²) in [5.74, 6) is 3.91. The first-order valence-electron chi connectivity index (χ1n) is 13.4. The Balaban J connectivity index is 1.41.